The van der Waals surface area contributed by atoms with Gasteiger partial charge in [0.05, 0.1) is 10.9 Å². The van der Waals surface area contributed by atoms with Gasteiger partial charge >= 0.3 is 0 Å². The van der Waals surface area contributed by atoms with E-state index in [-0.39, 0.29) is 11.3 Å². The number of carbonyl (C=O) groups excluding carboxylic acids is 1. The Morgan fingerprint density at radius 1 is 1.60 bits per heavy atom. The summed E-state index contributed by atoms with van der Waals surface area (Å²) in [7, 11) is 0. The summed E-state index contributed by atoms with van der Waals surface area (Å²) in [6.45, 7) is 2.77. The fourth-order valence-electron chi connectivity index (χ4n) is 1.90. The quantitative estimate of drug-likeness (QED) is 0.695. The van der Waals surface area contributed by atoms with Crippen LogP contribution in [0.4, 0.5) is 0 Å². The van der Waals surface area contributed by atoms with Gasteiger partial charge < -0.3 is 4.90 Å². The van der Waals surface area contributed by atoms with Crippen molar-refractivity contribution in [3.8, 4) is 0 Å². The standard InChI is InChI=1S/C11H14ClNOS/c1-8-2-3-10(12)6-13(8)11(14)9-4-5-15-7-9/h4-5,7-8,10H,2-3,6H2,1H3. The molecule has 82 valence electrons. The van der Waals surface area contributed by atoms with Gasteiger partial charge in [0.25, 0.3) is 5.91 Å². The highest BCUT2D eigenvalue weighted by molar-refractivity contribution is 7.08. The maximum absolute atomic E-state index is 12.1. The smallest absolute Gasteiger partial charge is 0.254 e. The van der Waals surface area contributed by atoms with Crippen molar-refractivity contribution in [2.45, 2.75) is 31.2 Å². The zero-order valence-electron chi connectivity index (χ0n) is 8.65. The molecule has 0 spiro atoms. The van der Waals surface area contributed by atoms with Crippen LogP contribution in [0.3, 0.4) is 0 Å². The molecule has 1 aromatic heterocycles. The Hall–Kier alpha value is -0.540. The SMILES string of the molecule is CC1CCC(Cl)CN1C(=O)c1ccsc1. The number of piperidine rings is 1. The fourth-order valence-corrected chi connectivity index (χ4v) is 2.80. The van der Waals surface area contributed by atoms with Crippen molar-refractivity contribution in [2.24, 2.45) is 0 Å². The lowest BCUT2D eigenvalue weighted by Crippen LogP contribution is -2.45. The lowest BCUT2D eigenvalue weighted by Gasteiger charge is -2.35. The molecule has 0 aromatic carbocycles. The van der Waals surface area contributed by atoms with Gasteiger partial charge in [-0.2, -0.15) is 11.3 Å². The van der Waals surface area contributed by atoms with Crippen molar-refractivity contribution in [1.82, 2.24) is 4.90 Å². The van der Waals surface area contributed by atoms with Gasteiger partial charge in [0.1, 0.15) is 0 Å². The largest absolute Gasteiger partial charge is 0.334 e. The lowest BCUT2D eigenvalue weighted by atomic mass is 10.0. The molecule has 2 atom stereocenters. The molecule has 0 N–H and O–H groups in total. The number of halogens is 1. The van der Waals surface area contributed by atoms with E-state index in [0.717, 1.165) is 18.4 Å². The Labute approximate surface area is 98.8 Å². The van der Waals surface area contributed by atoms with Crippen molar-refractivity contribution < 1.29 is 4.79 Å². The first-order valence-corrected chi connectivity index (χ1v) is 6.53. The van der Waals surface area contributed by atoms with Gasteiger partial charge in [-0.3, -0.25) is 4.79 Å². The number of hydrogen-bond donors (Lipinski definition) is 0. The van der Waals surface area contributed by atoms with Gasteiger partial charge in [0.15, 0.2) is 0 Å². The van der Waals surface area contributed by atoms with Crippen LogP contribution in [0, 0.1) is 0 Å². The number of carbonyl (C=O) groups is 1. The number of hydrogen-bond acceptors (Lipinski definition) is 2. The van der Waals surface area contributed by atoms with Crippen molar-refractivity contribution in [3.05, 3.63) is 22.4 Å². The Bertz CT molecular complexity index is 338. The van der Waals surface area contributed by atoms with Crippen LogP contribution in [0.2, 0.25) is 0 Å². The first kappa shape index (κ1) is 11.0. The minimum atomic E-state index is 0.115. The second kappa shape index (κ2) is 4.54. The van der Waals surface area contributed by atoms with Crippen molar-refractivity contribution in [1.29, 1.82) is 0 Å². The summed E-state index contributed by atoms with van der Waals surface area (Å²) in [5.41, 5.74) is 0.789. The van der Waals surface area contributed by atoms with Gasteiger partial charge in [-0.1, -0.05) is 0 Å². The Kier molecular flexibility index (Phi) is 3.32. The first-order valence-electron chi connectivity index (χ1n) is 5.15. The lowest BCUT2D eigenvalue weighted by molar-refractivity contribution is 0.0640. The molecule has 1 aliphatic rings. The van der Waals surface area contributed by atoms with Crippen LogP contribution in [-0.4, -0.2) is 28.8 Å². The van der Waals surface area contributed by atoms with Crippen LogP contribution in [-0.2, 0) is 0 Å². The molecule has 4 heteroatoms. The second-order valence-electron chi connectivity index (χ2n) is 3.99. The monoisotopic (exact) mass is 243 g/mol. The van der Waals surface area contributed by atoms with E-state index < -0.39 is 0 Å². The predicted octanol–water partition coefficient (Wildman–Crippen LogP) is 2.98. The average Bonchev–Trinajstić information content (AvgIpc) is 2.74. The maximum Gasteiger partial charge on any atom is 0.254 e. The molecule has 15 heavy (non-hydrogen) atoms. The maximum atomic E-state index is 12.1. The summed E-state index contributed by atoms with van der Waals surface area (Å²) < 4.78 is 0. The zero-order chi connectivity index (χ0) is 10.8. The predicted molar refractivity (Wildman–Crippen MR) is 63.7 cm³/mol. The van der Waals surface area contributed by atoms with E-state index in [0.29, 0.717) is 12.6 Å². The summed E-state index contributed by atoms with van der Waals surface area (Å²) in [6, 6.07) is 2.18. The fraction of sp³-hybridized carbons (Fsp3) is 0.545. The number of likely N-dealkylation sites (tertiary alicyclic amines) is 1. The van der Waals surface area contributed by atoms with Crippen LogP contribution in [0.15, 0.2) is 16.8 Å². The second-order valence-corrected chi connectivity index (χ2v) is 5.39. The molecule has 2 nitrogen and oxygen atoms in total. The third-order valence-corrected chi connectivity index (χ3v) is 3.89. The third-order valence-electron chi connectivity index (χ3n) is 2.85. The highest BCUT2D eigenvalue weighted by Gasteiger charge is 2.28. The minimum Gasteiger partial charge on any atom is -0.334 e. The van der Waals surface area contributed by atoms with Gasteiger partial charge in [-0.25, -0.2) is 0 Å². The summed E-state index contributed by atoms with van der Waals surface area (Å²) in [5, 5.41) is 3.94. The molecule has 0 saturated carbocycles. The Morgan fingerprint density at radius 3 is 3.07 bits per heavy atom. The van der Waals surface area contributed by atoms with Crippen LogP contribution in [0.5, 0.6) is 0 Å². The first-order chi connectivity index (χ1) is 7.18. The third kappa shape index (κ3) is 2.34. The Morgan fingerprint density at radius 2 is 2.40 bits per heavy atom. The van der Waals surface area contributed by atoms with Gasteiger partial charge in [0.2, 0.25) is 0 Å². The van der Waals surface area contributed by atoms with Crippen molar-refractivity contribution in [2.75, 3.05) is 6.54 Å². The van der Waals surface area contributed by atoms with Gasteiger partial charge in [-0.05, 0) is 31.2 Å². The number of rotatable bonds is 1. The molecule has 0 radical (unpaired) electrons. The molecule has 1 amide bonds. The Balaban J connectivity index is 2.12. The summed E-state index contributed by atoms with van der Waals surface area (Å²) in [6.07, 6.45) is 2.01. The molecular formula is C11H14ClNOS. The molecule has 0 bridgehead atoms. The molecule has 1 fully saturated rings. The van der Waals surface area contributed by atoms with Crippen molar-refractivity contribution >= 4 is 28.8 Å². The molecular weight excluding hydrogens is 230 g/mol. The van der Waals surface area contributed by atoms with Crippen LogP contribution in [0.1, 0.15) is 30.1 Å². The summed E-state index contributed by atoms with van der Waals surface area (Å²) in [5.74, 6) is 0.120. The van der Waals surface area contributed by atoms with E-state index in [1.807, 2.05) is 21.7 Å². The van der Waals surface area contributed by atoms with Crippen LogP contribution in [0.25, 0.3) is 0 Å². The van der Waals surface area contributed by atoms with E-state index in [4.69, 9.17) is 11.6 Å². The number of nitrogens with zero attached hydrogens (tertiary/aromatic N) is 1. The summed E-state index contributed by atoms with van der Waals surface area (Å²) in [4.78, 5) is 14.0. The van der Waals surface area contributed by atoms with Gasteiger partial charge in [0, 0.05) is 18.0 Å². The number of alkyl halides is 1. The highest BCUT2D eigenvalue weighted by atomic mass is 35.5. The van der Waals surface area contributed by atoms with Gasteiger partial charge in [-0.15, -0.1) is 11.6 Å². The van der Waals surface area contributed by atoms with Crippen LogP contribution < -0.4 is 0 Å². The minimum absolute atomic E-state index is 0.115. The van der Waals surface area contributed by atoms with Crippen molar-refractivity contribution in [3.63, 3.8) is 0 Å². The molecule has 1 aliphatic heterocycles. The van der Waals surface area contributed by atoms with Crippen LogP contribution >= 0.6 is 22.9 Å². The molecule has 1 aromatic rings. The average molecular weight is 244 g/mol. The van der Waals surface area contributed by atoms with E-state index in [9.17, 15) is 4.79 Å². The molecule has 2 rings (SSSR count). The zero-order valence-corrected chi connectivity index (χ0v) is 10.2. The van der Waals surface area contributed by atoms with E-state index in [1.165, 1.54) is 0 Å². The summed E-state index contributed by atoms with van der Waals surface area (Å²) >= 11 is 7.64. The molecule has 2 heterocycles. The normalized spacial score (nSPS) is 26.7. The number of thiophene rings is 1. The van der Waals surface area contributed by atoms with E-state index >= 15 is 0 Å². The topological polar surface area (TPSA) is 20.3 Å². The van der Waals surface area contributed by atoms with E-state index in [1.54, 1.807) is 11.3 Å². The highest BCUT2D eigenvalue weighted by Crippen LogP contribution is 2.23. The van der Waals surface area contributed by atoms with E-state index in [2.05, 4.69) is 6.92 Å². The molecule has 1 saturated heterocycles. The number of amides is 1. The molecule has 2 unspecified atom stereocenters. The molecule has 0 aliphatic carbocycles.